The van der Waals surface area contributed by atoms with E-state index in [1.165, 1.54) is 4.68 Å². The third kappa shape index (κ3) is 4.84. The van der Waals surface area contributed by atoms with Crippen LogP contribution < -0.4 is 15.8 Å². The van der Waals surface area contributed by atoms with Gasteiger partial charge < -0.3 is 10.2 Å². The van der Waals surface area contributed by atoms with Gasteiger partial charge in [-0.15, -0.1) is 0 Å². The second kappa shape index (κ2) is 9.93. The van der Waals surface area contributed by atoms with Crippen LogP contribution in [-0.2, 0) is 17.9 Å². The Morgan fingerprint density at radius 1 is 0.857 bits per heavy atom. The summed E-state index contributed by atoms with van der Waals surface area (Å²) in [4.78, 5) is 40.4. The van der Waals surface area contributed by atoms with Gasteiger partial charge in [0.1, 0.15) is 0 Å². The predicted molar refractivity (Wildman–Crippen MR) is 135 cm³/mol. The molecule has 1 aliphatic rings. The molecule has 0 spiro atoms. The molecule has 1 aliphatic heterocycles. The first-order valence-corrected chi connectivity index (χ1v) is 11.8. The first kappa shape index (κ1) is 22.5. The van der Waals surface area contributed by atoms with Crippen molar-refractivity contribution >= 4 is 28.3 Å². The third-order valence-electron chi connectivity index (χ3n) is 6.26. The predicted octanol–water partition coefficient (Wildman–Crippen LogP) is 3.89. The standard InChI is InChI=1S/C28H26N4O3/c33-25-15-6-7-16-31(25)22-12-8-11-21(17-22)18-29-27(34)26-23-13-4-5-14-24(23)28(35)32(30-26)19-20-9-2-1-3-10-20/h1-5,8-14,17H,6-7,15-16,18-19H2,(H,29,34). The lowest BCUT2D eigenvalue weighted by Gasteiger charge is -2.27. The second-order valence-corrected chi connectivity index (χ2v) is 8.70. The summed E-state index contributed by atoms with van der Waals surface area (Å²) in [6.45, 7) is 1.27. The maximum atomic E-state index is 13.2. The van der Waals surface area contributed by atoms with Gasteiger partial charge in [-0.05, 0) is 42.2 Å². The van der Waals surface area contributed by atoms with Crippen molar-refractivity contribution in [3.8, 4) is 0 Å². The molecule has 4 aromatic rings. The van der Waals surface area contributed by atoms with E-state index in [0.717, 1.165) is 29.7 Å². The summed E-state index contributed by atoms with van der Waals surface area (Å²) in [6, 6.07) is 24.3. The van der Waals surface area contributed by atoms with Crippen LogP contribution in [0.3, 0.4) is 0 Å². The smallest absolute Gasteiger partial charge is 0.274 e. The molecule has 0 atom stereocenters. The van der Waals surface area contributed by atoms with E-state index in [-0.39, 0.29) is 36.2 Å². The highest BCUT2D eigenvalue weighted by Crippen LogP contribution is 2.22. The van der Waals surface area contributed by atoms with E-state index in [1.807, 2.05) is 59.5 Å². The Morgan fingerprint density at radius 2 is 1.60 bits per heavy atom. The van der Waals surface area contributed by atoms with E-state index in [0.29, 0.717) is 23.7 Å². The Kier molecular flexibility index (Phi) is 6.39. The van der Waals surface area contributed by atoms with Crippen LogP contribution in [-0.4, -0.2) is 28.1 Å². The Balaban J connectivity index is 1.40. The van der Waals surface area contributed by atoms with Gasteiger partial charge in [0.2, 0.25) is 5.91 Å². The highest BCUT2D eigenvalue weighted by atomic mass is 16.2. The van der Waals surface area contributed by atoms with E-state index in [9.17, 15) is 14.4 Å². The molecule has 7 nitrogen and oxygen atoms in total. The molecule has 0 aliphatic carbocycles. The number of hydrogen-bond acceptors (Lipinski definition) is 4. The fourth-order valence-corrected chi connectivity index (χ4v) is 4.45. The van der Waals surface area contributed by atoms with Crippen molar-refractivity contribution in [3.05, 3.63) is 106 Å². The fourth-order valence-electron chi connectivity index (χ4n) is 4.45. The number of amides is 2. The van der Waals surface area contributed by atoms with Crippen LogP contribution in [0.1, 0.15) is 40.9 Å². The van der Waals surface area contributed by atoms with Gasteiger partial charge in [-0.1, -0.05) is 60.7 Å². The van der Waals surface area contributed by atoms with Crippen molar-refractivity contribution in [2.45, 2.75) is 32.4 Å². The topological polar surface area (TPSA) is 84.3 Å². The molecule has 1 N–H and O–H groups in total. The van der Waals surface area contributed by atoms with E-state index >= 15 is 0 Å². The van der Waals surface area contributed by atoms with Crippen LogP contribution in [0.25, 0.3) is 10.8 Å². The summed E-state index contributed by atoms with van der Waals surface area (Å²) in [5.41, 5.74) is 2.63. The number of aromatic nitrogens is 2. The summed E-state index contributed by atoms with van der Waals surface area (Å²) in [6.07, 6.45) is 2.49. The maximum absolute atomic E-state index is 13.2. The molecule has 2 heterocycles. The molecular formula is C28H26N4O3. The van der Waals surface area contributed by atoms with Crippen LogP contribution in [0, 0.1) is 0 Å². The molecule has 1 saturated heterocycles. The number of carbonyl (C=O) groups excluding carboxylic acids is 2. The summed E-state index contributed by atoms with van der Waals surface area (Å²) < 4.78 is 1.34. The second-order valence-electron chi connectivity index (χ2n) is 8.70. The summed E-state index contributed by atoms with van der Waals surface area (Å²) in [7, 11) is 0. The Hall–Kier alpha value is -4.26. The van der Waals surface area contributed by atoms with Crippen LogP contribution in [0.5, 0.6) is 0 Å². The van der Waals surface area contributed by atoms with Crippen LogP contribution in [0.4, 0.5) is 5.69 Å². The summed E-state index contributed by atoms with van der Waals surface area (Å²) in [5.74, 6) is -0.226. The van der Waals surface area contributed by atoms with Gasteiger partial charge in [0.25, 0.3) is 11.5 Å². The van der Waals surface area contributed by atoms with E-state index in [1.54, 1.807) is 24.3 Å². The van der Waals surface area contributed by atoms with Crippen molar-refractivity contribution in [2.24, 2.45) is 0 Å². The van der Waals surface area contributed by atoms with Crippen molar-refractivity contribution in [1.29, 1.82) is 0 Å². The highest BCUT2D eigenvalue weighted by Gasteiger charge is 2.20. The molecule has 1 fully saturated rings. The Bertz CT molecular complexity index is 1450. The van der Waals surface area contributed by atoms with E-state index in [2.05, 4.69) is 10.4 Å². The maximum Gasteiger partial charge on any atom is 0.274 e. The largest absolute Gasteiger partial charge is 0.347 e. The zero-order valence-electron chi connectivity index (χ0n) is 19.3. The minimum atomic E-state index is -0.359. The van der Waals surface area contributed by atoms with Crippen LogP contribution in [0.2, 0.25) is 0 Å². The quantitative estimate of drug-likeness (QED) is 0.467. The Morgan fingerprint density at radius 3 is 2.40 bits per heavy atom. The number of nitrogens with zero attached hydrogens (tertiary/aromatic N) is 3. The minimum absolute atomic E-state index is 0.133. The minimum Gasteiger partial charge on any atom is -0.347 e. The monoisotopic (exact) mass is 466 g/mol. The average Bonchev–Trinajstić information content (AvgIpc) is 2.90. The zero-order chi connectivity index (χ0) is 24.2. The third-order valence-corrected chi connectivity index (χ3v) is 6.26. The molecule has 2 amide bonds. The van der Waals surface area contributed by atoms with Gasteiger partial charge in [-0.2, -0.15) is 5.10 Å². The van der Waals surface area contributed by atoms with Crippen molar-refractivity contribution < 1.29 is 9.59 Å². The Labute approximate surface area is 203 Å². The van der Waals surface area contributed by atoms with Gasteiger partial charge in [0.05, 0.1) is 11.9 Å². The van der Waals surface area contributed by atoms with Crippen molar-refractivity contribution in [2.75, 3.05) is 11.4 Å². The molecule has 7 heteroatoms. The molecule has 1 aromatic heterocycles. The van der Waals surface area contributed by atoms with Crippen LogP contribution in [0.15, 0.2) is 83.7 Å². The van der Waals surface area contributed by atoms with Gasteiger partial charge >= 0.3 is 0 Å². The molecule has 0 saturated carbocycles. The lowest BCUT2D eigenvalue weighted by Crippen LogP contribution is -2.35. The summed E-state index contributed by atoms with van der Waals surface area (Å²) >= 11 is 0. The SMILES string of the molecule is O=C(NCc1cccc(N2CCCCC2=O)c1)c1nn(Cc2ccccc2)c(=O)c2ccccc12. The number of anilines is 1. The fraction of sp³-hybridized carbons (Fsp3) is 0.214. The van der Waals surface area contributed by atoms with Crippen LogP contribution >= 0.6 is 0 Å². The zero-order valence-corrected chi connectivity index (χ0v) is 19.3. The molecule has 35 heavy (non-hydrogen) atoms. The van der Waals surface area contributed by atoms with Gasteiger partial charge in [-0.3, -0.25) is 14.4 Å². The van der Waals surface area contributed by atoms with E-state index < -0.39 is 0 Å². The number of benzene rings is 3. The van der Waals surface area contributed by atoms with Gasteiger partial charge in [0.15, 0.2) is 5.69 Å². The number of carbonyl (C=O) groups is 2. The number of rotatable bonds is 6. The van der Waals surface area contributed by atoms with Gasteiger partial charge in [0, 0.05) is 30.6 Å². The molecule has 3 aromatic carbocycles. The van der Waals surface area contributed by atoms with Crippen molar-refractivity contribution in [1.82, 2.24) is 15.1 Å². The molecular weight excluding hydrogens is 440 g/mol. The lowest BCUT2D eigenvalue weighted by molar-refractivity contribution is -0.119. The molecule has 0 unspecified atom stereocenters. The first-order valence-electron chi connectivity index (χ1n) is 11.8. The number of piperidine rings is 1. The molecule has 0 bridgehead atoms. The number of fused-ring (bicyclic) bond motifs is 1. The highest BCUT2D eigenvalue weighted by molar-refractivity contribution is 6.04. The molecule has 5 rings (SSSR count). The summed E-state index contributed by atoms with van der Waals surface area (Å²) in [5, 5.41) is 8.36. The molecule has 0 radical (unpaired) electrons. The average molecular weight is 467 g/mol. The normalized spacial score (nSPS) is 13.7. The first-order chi connectivity index (χ1) is 17.1. The molecule has 176 valence electrons. The number of hydrogen-bond donors (Lipinski definition) is 1. The number of nitrogens with one attached hydrogen (secondary N) is 1. The van der Waals surface area contributed by atoms with Gasteiger partial charge in [-0.25, -0.2) is 4.68 Å². The van der Waals surface area contributed by atoms with E-state index in [4.69, 9.17) is 0 Å². The van der Waals surface area contributed by atoms with Crippen molar-refractivity contribution in [3.63, 3.8) is 0 Å². The lowest BCUT2D eigenvalue weighted by atomic mass is 10.1.